The lowest BCUT2D eigenvalue weighted by Crippen LogP contribution is -2.19. The maximum absolute atomic E-state index is 12.2. The minimum absolute atomic E-state index is 0.190. The molecule has 2 aromatic carbocycles. The van der Waals surface area contributed by atoms with Crippen molar-refractivity contribution in [3.8, 4) is 11.4 Å². The first-order chi connectivity index (χ1) is 14.4. The Bertz CT molecular complexity index is 1070. The fourth-order valence-electron chi connectivity index (χ4n) is 3.22. The molecule has 0 fully saturated rings. The molecule has 1 aromatic heterocycles. The van der Waals surface area contributed by atoms with Crippen LogP contribution in [0.15, 0.2) is 53.6 Å². The second-order valence-electron chi connectivity index (χ2n) is 6.80. The van der Waals surface area contributed by atoms with E-state index in [1.165, 1.54) is 0 Å². The molecular weight excluding hydrogens is 421 g/mol. The third-order valence-electron chi connectivity index (χ3n) is 4.61. The van der Waals surface area contributed by atoms with Crippen LogP contribution in [0.25, 0.3) is 5.69 Å². The van der Waals surface area contributed by atoms with Crippen LogP contribution in [0.2, 0.25) is 10.0 Å². The summed E-state index contributed by atoms with van der Waals surface area (Å²) in [5.74, 6) is 0.598. The second kappa shape index (κ2) is 9.83. The van der Waals surface area contributed by atoms with Gasteiger partial charge in [0.05, 0.1) is 30.0 Å². The van der Waals surface area contributed by atoms with Gasteiger partial charge in [-0.3, -0.25) is 4.79 Å². The van der Waals surface area contributed by atoms with Gasteiger partial charge in [-0.2, -0.15) is 5.10 Å². The van der Waals surface area contributed by atoms with Gasteiger partial charge in [0.1, 0.15) is 5.75 Å². The number of nitrogens with one attached hydrogen (secondary N) is 1. The van der Waals surface area contributed by atoms with Crippen molar-refractivity contribution in [2.24, 2.45) is 5.10 Å². The molecule has 156 valence electrons. The molecule has 0 radical (unpaired) electrons. The Hall–Kier alpha value is -2.76. The average Bonchev–Trinajstić information content (AvgIpc) is 2.97. The van der Waals surface area contributed by atoms with Gasteiger partial charge < -0.3 is 9.30 Å². The van der Waals surface area contributed by atoms with Crippen LogP contribution < -0.4 is 10.2 Å². The van der Waals surface area contributed by atoms with Crippen LogP contribution in [-0.4, -0.2) is 23.3 Å². The van der Waals surface area contributed by atoms with Crippen LogP contribution in [0, 0.1) is 13.8 Å². The lowest BCUT2D eigenvalue weighted by Gasteiger charge is -2.11. The highest BCUT2D eigenvalue weighted by molar-refractivity contribution is 6.35. The Kier molecular flexibility index (Phi) is 7.19. The molecule has 0 saturated carbocycles. The number of hydrogen-bond acceptors (Lipinski definition) is 3. The lowest BCUT2D eigenvalue weighted by atomic mass is 10.1. The van der Waals surface area contributed by atoms with Crippen LogP contribution in [0.4, 0.5) is 0 Å². The molecule has 0 atom stereocenters. The van der Waals surface area contributed by atoms with Crippen LogP contribution >= 0.6 is 23.2 Å². The van der Waals surface area contributed by atoms with Gasteiger partial charge in [-0.05, 0) is 62.7 Å². The smallest absolute Gasteiger partial charge is 0.244 e. The summed E-state index contributed by atoms with van der Waals surface area (Å²) in [4.78, 5) is 12.2. The summed E-state index contributed by atoms with van der Waals surface area (Å²) in [5.41, 5.74) is 7.16. The monoisotopic (exact) mass is 443 g/mol. The van der Waals surface area contributed by atoms with E-state index >= 15 is 0 Å². The second-order valence-corrected chi connectivity index (χ2v) is 7.65. The molecule has 0 aliphatic heterocycles. The standard InChI is InChI=1S/C23H23Cl2N3O2/c1-4-30-20-8-5-17(6-9-20)12-23(29)27-26-14-18-11-15(2)28(16(18)3)22-10-7-19(24)13-21(22)25/h5-11,13-14H,4,12H2,1-3H3,(H,27,29)/b26-14-. The highest BCUT2D eigenvalue weighted by Crippen LogP contribution is 2.28. The van der Waals surface area contributed by atoms with Gasteiger partial charge in [-0.15, -0.1) is 0 Å². The van der Waals surface area contributed by atoms with Crippen LogP contribution in [0.1, 0.15) is 29.4 Å². The van der Waals surface area contributed by atoms with Gasteiger partial charge in [0.25, 0.3) is 0 Å². The van der Waals surface area contributed by atoms with Gasteiger partial charge in [0.15, 0.2) is 0 Å². The number of hydrogen-bond donors (Lipinski definition) is 1. The number of halogens is 2. The number of amides is 1. The number of aromatic nitrogens is 1. The Morgan fingerprint density at radius 2 is 1.87 bits per heavy atom. The predicted octanol–water partition coefficient (Wildman–Crippen LogP) is 5.49. The van der Waals surface area contributed by atoms with E-state index in [0.717, 1.165) is 34.0 Å². The van der Waals surface area contributed by atoms with Gasteiger partial charge in [0.2, 0.25) is 5.91 Å². The molecule has 1 amide bonds. The molecule has 30 heavy (non-hydrogen) atoms. The number of benzene rings is 2. The highest BCUT2D eigenvalue weighted by Gasteiger charge is 2.12. The van der Waals surface area contributed by atoms with E-state index in [1.54, 1.807) is 18.3 Å². The van der Waals surface area contributed by atoms with Crippen molar-refractivity contribution in [2.45, 2.75) is 27.2 Å². The normalized spacial score (nSPS) is 11.1. The third-order valence-corrected chi connectivity index (χ3v) is 5.15. The van der Waals surface area contributed by atoms with Gasteiger partial charge in [0, 0.05) is 22.0 Å². The zero-order valence-corrected chi connectivity index (χ0v) is 18.6. The summed E-state index contributed by atoms with van der Waals surface area (Å²) in [7, 11) is 0. The molecule has 0 spiro atoms. The molecule has 3 aromatic rings. The van der Waals surface area contributed by atoms with Crippen LogP contribution in [0.3, 0.4) is 0 Å². The van der Waals surface area contributed by atoms with Crippen LogP contribution in [0.5, 0.6) is 5.75 Å². The van der Waals surface area contributed by atoms with Gasteiger partial charge >= 0.3 is 0 Å². The number of carbonyl (C=O) groups is 1. The zero-order chi connectivity index (χ0) is 21.7. The van der Waals surface area contributed by atoms with E-state index in [-0.39, 0.29) is 12.3 Å². The van der Waals surface area contributed by atoms with Crippen molar-refractivity contribution >= 4 is 35.3 Å². The first kappa shape index (κ1) is 21.9. The van der Waals surface area contributed by atoms with E-state index < -0.39 is 0 Å². The molecule has 5 nitrogen and oxygen atoms in total. The number of ether oxygens (including phenoxy) is 1. The molecule has 0 saturated heterocycles. The molecular formula is C23H23Cl2N3O2. The van der Waals surface area contributed by atoms with E-state index in [1.807, 2.05) is 61.7 Å². The maximum Gasteiger partial charge on any atom is 0.244 e. The topological polar surface area (TPSA) is 55.6 Å². The van der Waals surface area contributed by atoms with Crippen molar-refractivity contribution < 1.29 is 9.53 Å². The van der Waals surface area contributed by atoms with Crippen molar-refractivity contribution in [1.29, 1.82) is 0 Å². The van der Waals surface area contributed by atoms with E-state index in [2.05, 4.69) is 10.5 Å². The van der Waals surface area contributed by atoms with E-state index in [4.69, 9.17) is 27.9 Å². The SMILES string of the molecule is CCOc1ccc(CC(=O)N/N=C\c2cc(C)n(-c3ccc(Cl)cc3Cl)c2C)cc1. The largest absolute Gasteiger partial charge is 0.494 e. The van der Waals surface area contributed by atoms with Crippen molar-refractivity contribution in [3.63, 3.8) is 0 Å². The summed E-state index contributed by atoms with van der Waals surface area (Å²) in [6.07, 6.45) is 1.88. The molecule has 1 heterocycles. The Morgan fingerprint density at radius 3 is 2.53 bits per heavy atom. The number of nitrogens with zero attached hydrogens (tertiary/aromatic N) is 2. The summed E-state index contributed by atoms with van der Waals surface area (Å²) >= 11 is 12.4. The van der Waals surface area contributed by atoms with Crippen molar-refractivity contribution in [3.05, 3.63) is 81.1 Å². The first-order valence-corrected chi connectivity index (χ1v) is 10.3. The summed E-state index contributed by atoms with van der Waals surface area (Å²) < 4.78 is 7.44. The zero-order valence-electron chi connectivity index (χ0n) is 17.1. The third kappa shape index (κ3) is 5.23. The van der Waals surface area contributed by atoms with Crippen molar-refractivity contribution in [1.82, 2.24) is 9.99 Å². The van der Waals surface area contributed by atoms with E-state index in [9.17, 15) is 4.79 Å². The summed E-state index contributed by atoms with van der Waals surface area (Å²) in [6.45, 7) is 6.50. The molecule has 1 N–H and O–H groups in total. The minimum atomic E-state index is -0.190. The first-order valence-electron chi connectivity index (χ1n) is 9.57. The van der Waals surface area contributed by atoms with E-state index in [0.29, 0.717) is 16.7 Å². The number of rotatable bonds is 7. The fourth-order valence-corrected chi connectivity index (χ4v) is 3.71. The molecule has 3 rings (SSSR count). The molecule has 0 aliphatic rings. The van der Waals surface area contributed by atoms with Crippen LogP contribution in [-0.2, 0) is 11.2 Å². The number of hydrazone groups is 1. The Labute approximate surface area is 186 Å². The molecule has 0 unspecified atom stereocenters. The average molecular weight is 444 g/mol. The molecule has 0 aliphatic carbocycles. The fraction of sp³-hybridized carbons (Fsp3) is 0.217. The predicted molar refractivity (Wildman–Crippen MR) is 122 cm³/mol. The Balaban J connectivity index is 1.67. The lowest BCUT2D eigenvalue weighted by molar-refractivity contribution is -0.120. The molecule has 7 heteroatoms. The van der Waals surface area contributed by atoms with Gasteiger partial charge in [-0.25, -0.2) is 5.43 Å². The number of aryl methyl sites for hydroxylation is 1. The molecule has 0 bridgehead atoms. The quantitative estimate of drug-likeness (QED) is 0.387. The Morgan fingerprint density at radius 1 is 1.13 bits per heavy atom. The van der Waals surface area contributed by atoms with Crippen molar-refractivity contribution in [2.75, 3.05) is 6.61 Å². The highest BCUT2D eigenvalue weighted by atomic mass is 35.5. The maximum atomic E-state index is 12.2. The number of carbonyl (C=O) groups excluding carboxylic acids is 1. The summed E-state index contributed by atoms with van der Waals surface area (Å²) in [6, 6.07) is 14.8. The summed E-state index contributed by atoms with van der Waals surface area (Å²) in [5, 5.41) is 5.27. The van der Waals surface area contributed by atoms with Gasteiger partial charge in [-0.1, -0.05) is 35.3 Å². The minimum Gasteiger partial charge on any atom is -0.494 e.